The highest BCUT2D eigenvalue weighted by atomic mass is 19.4. The van der Waals surface area contributed by atoms with Crippen molar-refractivity contribution in [1.82, 2.24) is 0 Å². The second kappa shape index (κ2) is 3.68. The van der Waals surface area contributed by atoms with Crippen LogP contribution in [-0.2, 0) is 0 Å². The summed E-state index contributed by atoms with van der Waals surface area (Å²) in [6.07, 6.45) is -7.16. The SMILES string of the molecule is N#Cc1ccc([C@@H](O)C(F)(F)F)cc1. The summed E-state index contributed by atoms with van der Waals surface area (Å²) in [6, 6.07) is 6.38. The van der Waals surface area contributed by atoms with Gasteiger partial charge < -0.3 is 5.11 Å². The lowest BCUT2D eigenvalue weighted by molar-refractivity contribution is -0.206. The van der Waals surface area contributed by atoms with Crippen LogP contribution < -0.4 is 0 Å². The molecule has 0 aliphatic carbocycles. The molecule has 0 aromatic heterocycles. The first-order chi connectivity index (χ1) is 6.45. The van der Waals surface area contributed by atoms with Crippen LogP contribution in [0.1, 0.15) is 17.2 Å². The van der Waals surface area contributed by atoms with Crippen LogP contribution in [0.2, 0.25) is 0 Å². The summed E-state index contributed by atoms with van der Waals surface area (Å²) in [6.45, 7) is 0. The van der Waals surface area contributed by atoms with Crippen LogP contribution in [-0.4, -0.2) is 11.3 Å². The Bertz CT molecular complexity index is 350. The summed E-state index contributed by atoms with van der Waals surface area (Å²) in [4.78, 5) is 0. The van der Waals surface area contributed by atoms with E-state index in [0.717, 1.165) is 12.1 Å². The number of alkyl halides is 3. The fourth-order valence-corrected chi connectivity index (χ4v) is 0.929. The first-order valence-corrected chi connectivity index (χ1v) is 3.70. The maximum atomic E-state index is 12.0. The number of nitrogens with zero attached hydrogens (tertiary/aromatic N) is 1. The second-order valence-corrected chi connectivity index (χ2v) is 2.68. The van der Waals surface area contributed by atoms with Crippen molar-refractivity contribution >= 4 is 0 Å². The molecule has 0 spiro atoms. The maximum Gasteiger partial charge on any atom is 0.418 e. The number of benzene rings is 1. The van der Waals surface area contributed by atoms with Gasteiger partial charge in [-0.2, -0.15) is 18.4 Å². The van der Waals surface area contributed by atoms with Crippen LogP contribution in [0.3, 0.4) is 0 Å². The Hall–Kier alpha value is -1.54. The predicted molar refractivity (Wildman–Crippen MR) is 42.2 cm³/mol. The molecular formula is C9H6F3NO. The molecule has 5 heteroatoms. The molecule has 0 radical (unpaired) electrons. The van der Waals surface area contributed by atoms with Crippen LogP contribution in [0, 0.1) is 11.3 Å². The monoisotopic (exact) mass is 201 g/mol. The number of halogens is 3. The molecule has 2 nitrogen and oxygen atoms in total. The summed E-state index contributed by atoms with van der Waals surface area (Å²) in [5.74, 6) is 0. The minimum Gasteiger partial charge on any atom is -0.379 e. The smallest absolute Gasteiger partial charge is 0.379 e. The van der Waals surface area contributed by atoms with Gasteiger partial charge in [0.1, 0.15) is 0 Å². The minimum absolute atomic E-state index is 0.253. The van der Waals surface area contributed by atoms with Gasteiger partial charge in [-0.05, 0) is 17.7 Å². The lowest BCUT2D eigenvalue weighted by atomic mass is 10.1. The van der Waals surface area contributed by atoms with Gasteiger partial charge in [0, 0.05) is 0 Å². The molecule has 1 aromatic carbocycles. The van der Waals surface area contributed by atoms with Crippen molar-refractivity contribution in [2.24, 2.45) is 0 Å². The van der Waals surface area contributed by atoms with Gasteiger partial charge >= 0.3 is 6.18 Å². The minimum atomic E-state index is -4.67. The third-order valence-electron chi connectivity index (χ3n) is 1.67. The zero-order chi connectivity index (χ0) is 10.8. The third-order valence-corrected chi connectivity index (χ3v) is 1.67. The summed E-state index contributed by atoms with van der Waals surface area (Å²) < 4.78 is 36.0. The van der Waals surface area contributed by atoms with Crippen LogP contribution >= 0.6 is 0 Å². The van der Waals surface area contributed by atoms with Gasteiger partial charge in [-0.3, -0.25) is 0 Å². The van der Waals surface area contributed by atoms with E-state index in [1.54, 1.807) is 6.07 Å². The summed E-state index contributed by atoms with van der Waals surface area (Å²) in [5.41, 5.74) is -0.0142. The quantitative estimate of drug-likeness (QED) is 0.756. The summed E-state index contributed by atoms with van der Waals surface area (Å²) in [5, 5.41) is 17.2. The molecule has 1 aromatic rings. The van der Waals surface area contributed by atoms with Crippen LogP contribution in [0.15, 0.2) is 24.3 Å². The number of aliphatic hydroxyl groups excluding tert-OH is 1. The van der Waals surface area contributed by atoms with Gasteiger partial charge in [-0.25, -0.2) is 0 Å². The topological polar surface area (TPSA) is 44.0 Å². The molecule has 0 saturated carbocycles. The summed E-state index contributed by atoms with van der Waals surface area (Å²) >= 11 is 0. The molecule has 0 aliphatic rings. The Morgan fingerprint density at radius 1 is 1.21 bits per heavy atom. The summed E-state index contributed by atoms with van der Waals surface area (Å²) in [7, 11) is 0. The number of hydrogen-bond acceptors (Lipinski definition) is 2. The molecule has 0 fully saturated rings. The molecule has 0 aliphatic heterocycles. The highest BCUT2D eigenvalue weighted by Crippen LogP contribution is 2.32. The lowest BCUT2D eigenvalue weighted by Gasteiger charge is -2.14. The van der Waals surface area contributed by atoms with Crippen molar-refractivity contribution in [2.45, 2.75) is 12.3 Å². The largest absolute Gasteiger partial charge is 0.418 e. The third kappa shape index (κ3) is 2.24. The number of hydrogen-bond donors (Lipinski definition) is 1. The Morgan fingerprint density at radius 3 is 2.07 bits per heavy atom. The van der Waals surface area contributed by atoms with Gasteiger partial charge in [-0.15, -0.1) is 0 Å². The molecule has 14 heavy (non-hydrogen) atoms. The van der Waals surface area contributed by atoms with Crippen molar-refractivity contribution in [3.05, 3.63) is 35.4 Å². The van der Waals surface area contributed by atoms with Gasteiger partial charge in [0.05, 0.1) is 11.6 Å². The molecule has 74 valence electrons. The zero-order valence-corrected chi connectivity index (χ0v) is 6.92. The Kier molecular flexibility index (Phi) is 2.77. The molecule has 0 amide bonds. The van der Waals surface area contributed by atoms with E-state index in [9.17, 15) is 13.2 Å². The van der Waals surface area contributed by atoms with Crippen LogP contribution in [0.25, 0.3) is 0 Å². The Morgan fingerprint density at radius 2 is 1.71 bits per heavy atom. The van der Waals surface area contributed by atoms with E-state index in [4.69, 9.17) is 10.4 Å². The van der Waals surface area contributed by atoms with Gasteiger partial charge in [0.2, 0.25) is 0 Å². The zero-order valence-electron chi connectivity index (χ0n) is 6.92. The average molecular weight is 201 g/mol. The normalized spacial score (nSPS) is 13.4. The molecule has 0 bridgehead atoms. The van der Waals surface area contributed by atoms with Crippen molar-refractivity contribution in [1.29, 1.82) is 5.26 Å². The Balaban J connectivity index is 2.94. The number of rotatable bonds is 1. The number of aliphatic hydroxyl groups is 1. The Labute approximate surface area is 78.2 Å². The molecule has 1 atom stereocenters. The molecular weight excluding hydrogens is 195 g/mol. The predicted octanol–water partition coefficient (Wildman–Crippen LogP) is 2.15. The van der Waals surface area contributed by atoms with Gasteiger partial charge in [0.15, 0.2) is 6.10 Å². The van der Waals surface area contributed by atoms with Crippen molar-refractivity contribution < 1.29 is 18.3 Å². The van der Waals surface area contributed by atoms with E-state index in [1.807, 2.05) is 0 Å². The van der Waals surface area contributed by atoms with E-state index in [2.05, 4.69) is 0 Å². The molecule has 1 N–H and O–H groups in total. The molecule has 0 heterocycles. The van der Waals surface area contributed by atoms with E-state index in [0.29, 0.717) is 0 Å². The van der Waals surface area contributed by atoms with Crippen molar-refractivity contribution in [3.63, 3.8) is 0 Å². The van der Waals surface area contributed by atoms with E-state index in [1.165, 1.54) is 12.1 Å². The first kappa shape index (κ1) is 10.5. The van der Waals surface area contributed by atoms with E-state index < -0.39 is 12.3 Å². The van der Waals surface area contributed by atoms with Crippen molar-refractivity contribution in [3.8, 4) is 6.07 Å². The molecule has 1 rings (SSSR count). The fourth-order valence-electron chi connectivity index (χ4n) is 0.929. The first-order valence-electron chi connectivity index (χ1n) is 3.70. The van der Waals surface area contributed by atoms with Crippen LogP contribution in [0.5, 0.6) is 0 Å². The molecule has 0 unspecified atom stereocenters. The van der Waals surface area contributed by atoms with E-state index in [-0.39, 0.29) is 11.1 Å². The van der Waals surface area contributed by atoms with Crippen molar-refractivity contribution in [2.75, 3.05) is 0 Å². The van der Waals surface area contributed by atoms with Gasteiger partial charge in [-0.1, -0.05) is 12.1 Å². The van der Waals surface area contributed by atoms with Crippen LogP contribution in [0.4, 0.5) is 13.2 Å². The fraction of sp³-hybridized carbons (Fsp3) is 0.222. The number of nitriles is 1. The maximum absolute atomic E-state index is 12.0. The average Bonchev–Trinajstić information content (AvgIpc) is 2.15. The van der Waals surface area contributed by atoms with Gasteiger partial charge in [0.25, 0.3) is 0 Å². The van der Waals surface area contributed by atoms with E-state index >= 15 is 0 Å². The molecule has 0 saturated heterocycles. The lowest BCUT2D eigenvalue weighted by Crippen LogP contribution is -2.19. The highest BCUT2D eigenvalue weighted by Gasteiger charge is 2.39. The standard InChI is InChI=1S/C9H6F3NO/c10-9(11,12)8(14)7-3-1-6(5-13)2-4-7/h1-4,8,14H/t8-/m1/s1. The highest BCUT2D eigenvalue weighted by molar-refractivity contribution is 5.32. The second-order valence-electron chi connectivity index (χ2n) is 2.68.